The summed E-state index contributed by atoms with van der Waals surface area (Å²) in [6.45, 7) is 0. The van der Waals surface area contributed by atoms with Gasteiger partial charge in [0.25, 0.3) is 0 Å². The van der Waals surface area contributed by atoms with E-state index in [1.165, 1.54) is 13.2 Å². The molecule has 0 aliphatic carbocycles. The predicted octanol–water partition coefficient (Wildman–Crippen LogP) is 3.46. The van der Waals surface area contributed by atoms with E-state index in [1.54, 1.807) is 20.3 Å². The number of rotatable bonds is 6. The van der Waals surface area contributed by atoms with Crippen molar-refractivity contribution in [3.05, 3.63) is 47.2 Å². The van der Waals surface area contributed by atoms with Crippen molar-refractivity contribution in [3.63, 3.8) is 0 Å². The van der Waals surface area contributed by atoms with Gasteiger partial charge >= 0.3 is 5.97 Å². The number of H-pyrrole nitrogens is 1. The zero-order valence-electron chi connectivity index (χ0n) is 14.6. The minimum Gasteiger partial charge on any atom is -0.495 e. The predicted molar refractivity (Wildman–Crippen MR) is 98.1 cm³/mol. The number of carboxylic acids is 1. The van der Waals surface area contributed by atoms with Gasteiger partial charge < -0.3 is 19.3 Å². The van der Waals surface area contributed by atoms with Gasteiger partial charge in [-0.1, -0.05) is 12.1 Å². The largest absolute Gasteiger partial charge is 0.495 e. The SMILES string of the molecule is COc1ccc(/C=C/c2[nH]nc3ccc(C(=O)O)c(OC)c23)cc1OC. The first-order chi connectivity index (χ1) is 12.6. The molecule has 0 bridgehead atoms. The Bertz CT molecular complexity index is 991. The van der Waals surface area contributed by atoms with Crippen LogP contribution in [0.5, 0.6) is 17.2 Å². The monoisotopic (exact) mass is 354 g/mol. The van der Waals surface area contributed by atoms with Gasteiger partial charge in [0.1, 0.15) is 11.3 Å². The van der Waals surface area contributed by atoms with E-state index in [-0.39, 0.29) is 11.3 Å². The fraction of sp³-hybridized carbons (Fsp3) is 0.158. The fourth-order valence-electron chi connectivity index (χ4n) is 2.74. The molecule has 0 saturated carbocycles. The number of nitrogens with one attached hydrogen (secondary N) is 1. The lowest BCUT2D eigenvalue weighted by molar-refractivity contribution is 0.0693. The van der Waals surface area contributed by atoms with Crippen molar-refractivity contribution in [2.75, 3.05) is 21.3 Å². The van der Waals surface area contributed by atoms with Crippen LogP contribution >= 0.6 is 0 Å². The van der Waals surface area contributed by atoms with Gasteiger partial charge in [-0.15, -0.1) is 0 Å². The number of nitrogens with zero attached hydrogens (tertiary/aromatic N) is 1. The normalized spacial score (nSPS) is 11.0. The van der Waals surface area contributed by atoms with Crippen molar-refractivity contribution in [2.24, 2.45) is 0 Å². The van der Waals surface area contributed by atoms with E-state index in [0.29, 0.717) is 28.1 Å². The topological polar surface area (TPSA) is 93.7 Å². The van der Waals surface area contributed by atoms with Crippen LogP contribution in [0.15, 0.2) is 30.3 Å². The molecular weight excluding hydrogens is 336 g/mol. The number of hydrogen-bond acceptors (Lipinski definition) is 5. The number of methoxy groups -OCH3 is 3. The van der Waals surface area contributed by atoms with Crippen LogP contribution in [0.4, 0.5) is 0 Å². The van der Waals surface area contributed by atoms with Crippen LogP contribution < -0.4 is 14.2 Å². The van der Waals surface area contributed by atoms with Crippen molar-refractivity contribution in [1.29, 1.82) is 0 Å². The molecule has 0 spiro atoms. The molecule has 3 aromatic rings. The number of carbonyl (C=O) groups is 1. The first-order valence-electron chi connectivity index (χ1n) is 7.77. The van der Waals surface area contributed by atoms with Crippen LogP contribution in [0, 0.1) is 0 Å². The second-order valence-corrected chi connectivity index (χ2v) is 5.43. The van der Waals surface area contributed by atoms with Crippen LogP contribution in [0.3, 0.4) is 0 Å². The molecule has 0 aliphatic heterocycles. The highest BCUT2D eigenvalue weighted by Crippen LogP contribution is 2.33. The van der Waals surface area contributed by atoms with Crippen LogP contribution in [0.2, 0.25) is 0 Å². The number of carboxylic acid groups (broad SMARTS) is 1. The minimum absolute atomic E-state index is 0.0853. The molecule has 7 nitrogen and oxygen atoms in total. The van der Waals surface area contributed by atoms with Gasteiger partial charge in [-0.25, -0.2) is 4.79 Å². The number of hydrogen-bond donors (Lipinski definition) is 2. The lowest BCUT2D eigenvalue weighted by atomic mass is 10.1. The third-order valence-corrected chi connectivity index (χ3v) is 3.99. The summed E-state index contributed by atoms with van der Waals surface area (Å²) in [5.74, 6) is 0.481. The van der Waals surface area contributed by atoms with Crippen LogP contribution in [0.1, 0.15) is 21.6 Å². The van der Waals surface area contributed by atoms with Gasteiger partial charge in [-0.2, -0.15) is 5.10 Å². The van der Waals surface area contributed by atoms with Crippen molar-refractivity contribution in [2.45, 2.75) is 0 Å². The molecule has 0 radical (unpaired) electrons. The molecule has 2 N–H and O–H groups in total. The Kier molecular flexibility index (Phi) is 4.79. The van der Waals surface area contributed by atoms with E-state index >= 15 is 0 Å². The first kappa shape index (κ1) is 17.3. The highest BCUT2D eigenvalue weighted by atomic mass is 16.5. The lowest BCUT2D eigenvalue weighted by Crippen LogP contribution is -2.00. The molecule has 3 rings (SSSR count). The van der Waals surface area contributed by atoms with Crippen LogP contribution in [-0.4, -0.2) is 42.6 Å². The molecule has 0 fully saturated rings. The smallest absolute Gasteiger partial charge is 0.339 e. The minimum atomic E-state index is -1.06. The summed E-state index contributed by atoms with van der Waals surface area (Å²) in [5, 5.41) is 17.1. The van der Waals surface area contributed by atoms with Gasteiger partial charge in [0.15, 0.2) is 11.5 Å². The van der Waals surface area contributed by atoms with E-state index < -0.39 is 5.97 Å². The maximum Gasteiger partial charge on any atom is 0.339 e. The molecule has 1 heterocycles. The van der Waals surface area contributed by atoms with Gasteiger partial charge in [0, 0.05) is 0 Å². The average molecular weight is 354 g/mol. The van der Waals surface area contributed by atoms with E-state index in [0.717, 1.165) is 5.56 Å². The molecule has 0 amide bonds. The maximum absolute atomic E-state index is 11.4. The van der Waals surface area contributed by atoms with Gasteiger partial charge in [0.05, 0.1) is 37.9 Å². The summed E-state index contributed by atoms with van der Waals surface area (Å²) < 4.78 is 15.9. The van der Waals surface area contributed by atoms with Crippen molar-refractivity contribution >= 4 is 29.0 Å². The zero-order chi connectivity index (χ0) is 18.7. The molecule has 0 atom stereocenters. The molecule has 2 aromatic carbocycles. The Balaban J connectivity index is 2.05. The quantitative estimate of drug-likeness (QED) is 0.704. The molecule has 0 aliphatic rings. The average Bonchev–Trinajstić information content (AvgIpc) is 3.08. The maximum atomic E-state index is 11.4. The summed E-state index contributed by atoms with van der Waals surface area (Å²) >= 11 is 0. The Hall–Kier alpha value is -3.48. The van der Waals surface area contributed by atoms with Gasteiger partial charge in [-0.05, 0) is 35.9 Å². The zero-order valence-corrected chi connectivity index (χ0v) is 14.6. The van der Waals surface area contributed by atoms with Crippen molar-refractivity contribution in [1.82, 2.24) is 10.2 Å². The Morgan fingerprint density at radius 1 is 1.04 bits per heavy atom. The molecule has 0 saturated heterocycles. The second-order valence-electron chi connectivity index (χ2n) is 5.43. The highest BCUT2D eigenvalue weighted by molar-refractivity contribution is 6.02. The second kappa shape index (κ2) is 7.18. The molecule has 26 heavy (non-hydrogen) atoms. The summed E-state index contributed by atoms with van der Waals surface area (Å²) in [6.07, 6.45) is 3.67. The van der Waals surface area contributed by atoms with E-state index in [1.807, 2.05) is 30.4 Å². The number of aromatic amines is 1. The van der Waals surface area contributed by atoms with Crippen LogP contribution in [0.25, 0.3) is 23.1 Å². The van der Waals surface area contributed by atoms with Crippen molar-refractivity contribution in [3.8, 4) is 17.2 Å². The summed E-state index contributed by atoms with van der Waals surface area (Å²) in [7, 11) is 4.60. The number of aromatic nitrogens is 2. The van der Waals surface area contributed by atoms with Crippen molar-refractivity contribution < 1.29 is 24.1 Å². The fourth-order valence-corrected chi connectivity index (χ4v) is 2.74. The van der Waals surface area contributed by atoms with Crippen LogP contribution in [-0.2, 0) is 0 Å². The number of benzene rings is 2. The molecule has 7 heteroatoms. The first-order valence-corrected chi connectivity index (χ1v) is 7.77. The molecule has 134 valence electrons. The third kappa shape index (κ3) is 3.06. The Morgan fingerprint density at radius 3 is 2.46 bits per heavy atom. The number of fused-ring (bicyclic) bond motifs is 1. The lowest BCUT2D eigenvalue weighted by Gasteiger charge is -2.08. The third-order valence-electron chi connectivity index (χ3n) is 3.99. The number of ether oxygens (including phenoxy) is 3. The summed E-state index contributed by atoms with van der Waals surface area (Å²) in [6, 6.07) is 8.66. The molecule has 0 unspecified atom stereocenters. The molecule has 1 aromatic heterocycles. The highest BCUT2D eigenvalue weighted by Gasteiger charge is 2.18. The number of aromatic carboxylic acids is 1. The van der Waals surface area contributed by atoms with Gasteiger partial charge in [0.2, 0.25) is 0 Å². The van der Waals surface area contributed by atoms with E-state index in [4.69, 9.17) is 14.2 Å². The Morgan fingerprint density at radius 2 is 1.81 bits per heavy atom. The molecular formula is C19H18N2O5. The van der Waals surface area contributed by atoms with E-state index in [2.05, 4.69) is 10.2 Å². The summed E-state index contributed by atoms with van der Waals surface area (Å²) in [4.78, 5) is 11.4. The van der Waals surface area contributed by atoms with Gasteiger partial charge in [-0.3, -0.25) is 5.10 Å². The van der Waals surface area contributed by atoms with E-state index in [9.17, 15) is 9.90 Å². The standard InChI is InChI=1S/C19H18N2O5/c1-24-15-9-5-11(10-16(15)25-2)4-7-13-17-14(21-20-13)8-6-12(19(22)23)18(17)26-3/h4-10H,1-3H3,(H,20,21)(H,22,23)/b7-4+. The summed E-state index contributed by atoms with van der Waals surface area (Å²) in [5.41, 5.74) is 2.24. The Labute approximate surface area is 149 Å².